The summed E-state index contributed by atoms with van der Waals surface area (Å²) in [5.74, 6) is -0.298. The molecule has 0 aliphatic carbocycles. The van der Waals surface area contributed by atoms with Gasteiger partial charge in [0.25, 0.3) is 5.56 Å². The van der Waals surface area contributed by atoms with Gasteiger partial charge in [0.05, 0.1) is 16.9 Å². The van der Waals surface area contributed by atoms with Gasteiger partial charge in [0.1, 0.15) is 11.6 Å². The van der Waals surface area contributed by atoms with Crippen LogP contribution in [0.25, 0.3) is 0 Å². The zero-order chi connectivity index (χ0) is 16.5. The lowest BCUT2D eigenvalue weighted by molar-refractivity contribution is -0.117. The molecule has 22 heavy (non-hydrogen) atoms. The van der Waals surface area contributed by atoms with Gasteiger partial charge < -0.3 is 4.52 Å². The summed E-state index contributed by atoms with van der Waals surface area (Å²) in [6, 6.07) is 1.63. The van der Waals surface area contributed by atoms with Gasteiger partial charge in [0, 0.05) is 11.5 Å². The first-order valence-electron chi connectivity index (χ1n) is 6.36. The highest BCUT2D eigenvalue weighted by molar-refractivity contribution is 6.41. The van der Waals surface area contributed by atoms with Gasteiger partial charge in [-0.2, -0.15) is 5.10 Å². The van der Waals surface area contributed by atoms with Crippen LogP contribution in [0.4, 0.5) is 5.88 Å². The maximum Gasteiger partial charge on any atom is 0.287 e. The molecule has 0 saturated heterocycles. The van der Waals surface area contributed by atoms with Gasteiger partial charge in [-0.3, -0.25) is 14.9 Å². The Kier molecular flexibility index (Phi) is 4.58. The molecule has 118 valence electrons. The average molecular weight is 345 g/mol. The molecule has 0 spiro atoms. The van der Waals surface area contributed by atoms with E-state index < -0.39 is 11.5 Å². The lowest BCUT2D eigenvalue weighted by atomic mass is 9.92. The van der Waals surface area contributed by atoms with E-state index in [0.717, 1.165) is 4.68 Å². The van der Waals surface area contributed by atoms with Crippen LogP contribution < -0.4 is 10.9 Å². The van der Waals surface area contributed by atoms with Crippen LogP contribution >= 0.6 is 23.2 Å². The number of amides is 1. The summed E-state index contributed by atoms with van der Waals surface area (Å²) in [6.07, 6.45) is 1.20. The first-order chi connectivity index (χ1) is 10.2. The third-order valence-corrected chi connectivity index (χ3v) is 3.53. The summed E-state index contributed by atoms with van der Waals surface area (Å²) < 4.78 is 5.94. The second-order valence-corrected chi connectivity index (χ2v) is 6.43. The highest BCUT2D eigenvalue weighted by Crippen LogP contribution is 2.23. The Morgan fingerprint density at radius 1 is 1.41 bits per heavy atom. The van der Waals surface area contributed by atoms with E-state index in [1.54, 1.807) is 6.07 Å². The number of halogens is 2. The van der Waals surface area contributed by atoms with E-state index >= 15 is 0 Å². The molecule has 0 aromatic carbocycles. The Morgan fingerprint density at radius 2 is 2.09 bits per heavy atom. The third-order valence-electron chi connectivity index (χ3n) is 2.78. The first-order valence-corrected chi connectivity index (χ1v) is 7.12. The van der Waals surface area contributed by atoms with Gasteiger partial charge in [-0.05, 0) is 0 Å². The molecule has 0 radical (unpaired) electrons. The van der Waals surface area contributed by atoms with Crippen molar-refractivity contribution in [2.75, 3.05) is 5.32 Å². The Labute approximate surface area is 136 Å². The normalized spacial score (nSPS) is 11.5. The summed E-state index contributed by atoms with van der Waals surface area (Å²) in [6.45, 7) is 5.59. The highest BCUT2D eigenvalue weighted by atomic mass is 35.5. The van der Waals surface area contributed by atoms with Crippen LogP contribution in [0.1, 0.15) is 26.5 Å². The van der Waals surface area contributed by atoms with Crippen molar-refractivity contribution >= 4 is 35.0 Å². The number of aromatic nitrogens is 3. The van der Waals surface area contributed by atoms with Crippen molar-refractivity contribution in [1.29, 1.82) is 0 Å². The number of nitrogens with one attached hydrogen (secondary N) is 1. The lowest BCUT2D eigenvalue weighted by Crippen LogP contribution is -2.29. The Morgan fingerprint density at radius 3 is 2.68 bits per heavy atom. The summed E-state index contributed by atoms with van der Waals surface area (Å²) in [5.41, 5.74) is -0.140. The Hall–Kier alpha value is -1.86. The van der Waals surface area contributed by atoms with Crippen LogP contribution in [0.15, 0.2) is 21.6 Å². The van der Waals surface area contributed by atoms with Crippen molar-refractivity contribution in [3.63, 3.8) is 0 Å². The van der Waals surface area contributed by atoms with Crippen molar-refractivity contribution in [3.05, 3.63) is 38.4 Å². The number of carbonyl (C=O) groups is 1. The molecule has 0 saturated carbocycles. The molecule has 2 rings (SSSR count). The number of rotatable bonds is 3. The van der Waals surface area contributed by atoms with E-state index in [9.17, 15) is 9.59 Å². The van der Waals surface area contributed by atoms with Crippen LogP contribution in [-0.2, 0) is 16.8 Å². The molecule has 9 heteroatoms. The summed E-state index contributed by atoms with van der Waals surface area (Å²) in [7, 11) is 0. The first kappa shape index (κ1) is 16.5. The van der Waals surface area contributed by atoms with Gasteiger partial charge in [-0.25, -0.2) is 4.68 Å². The van der Waals surface area contributed by atoms with E-state index in [2.05, 4.69) is 15.6 Å². The topological polar surface area (TPSA) is 90.0 Å². The molecule has 0 bridgehead atoms. The lowest BCUT2D eigenvalue weighted by Gasteiger charge is -2.12. The second-order valence-electron chi connectivity index (χ2n) is 5.64. The second kappa shape index (κ2) is 6.10. The molecule has 0 unspecified atom stereocenters. The van der Waals surface area contributed by atoms with Crippen LogP contribution in [-0.4, -0.2) is 20.8 Å². The predicted molar refractivity (Wildman–Crippen MR) is 82.3 cm³/mol. The van der Waals surface area contributed by atoms with Crippen molar-refractivity contribution in [2.45, 2.75) is 32.7 Å². The number of anilines is 1. The number of nitrogens with zero attached hydrogens (tertiary/aromatic N) is 3. The van der Waals surface area contributed by atoms with Gasteiger partial charge in [0.2, 0.25) is 11.8 Å². The molecule has 2 heterocycles. The quantitative estimate of drug-likeness (QED) is 0.923. The minimum Gasteiger partial charge on any atom is -0.338 e. The average Bonchev–Trinajstić information content (AvgIpc) is 2.88. The van der Waals surface area contributed by atoms with Crippen LogP contribution in [0, 0.1) is 0 Å². The minimum absolute atomic E-state index is 0.0355. The predicted octanol–water partition coefficient (Wildman–Crippen LogP) is 2.47. The summed E-state index contributed by atoms with van der Waals surface area (Å²) in [5, 5.41) is 9.98. The van der Waals surface area contributed by atoms with E-state index in [1.807, 2.05) is 20.8 Å². The van der Waals surface area contributed by atoms with Gasteiger partial charge >= 0.3 is 0 Å². The molecule has 0 aliphatic heterocycles. The molecule has 0 aliphatic rings. The summed E-state index contributed by atoms with van der Waals surface area (Å²) >= 11 is 11.4. The van der Waals surface area contributed by atoms with Crippen molar-refractivity contribution in [2.24, 2.45) is 0 Å². The highest BCUT2D eigenvalue weighted by Gasteiger charge is 2.20. The van der Waals surface area contributed by atoms with Crippen LogP contribution in [0.5, 0.6) is 0 Å². The zero-order valence-corrected chi connectivity index (χ0v) is 13.7. The SMILES string of the molecule is CC(C)(C)c1cc(NC(=O)Cn2ncc(Cl)c(Cl)c2=O)on1. The molecule has 7 nitrogen and oxygen atoms in total. The fourth-order valence-electron chi connectivity index (χ4n) is 1.56. The number of carbonyl (C=O) groups excluding carboxylic acids is 1. The molecule has 2 aromatic heterocycles. The maximum absolute atomic E-state index is 11.9. The Bertz CT molecular complexity index is 761. The van der Waals surface area contributed by atoms with Crippen LogP contribution in [0.2, 0.25) is 10.0 Å². The molecule has 2 aromatic rings. The van der Waals surface area contributed by atoms with Gasteiger partial charge in [0.15, 0.2) is 0 Å². The summed E-state index contributed by atoms with van der Waals surface area (Å²) in [4.78, 5) is 23.7. The monoisotopic (exact) mass is 344 g/mol. The third kappa shape index (κ3) is 3.66. The maximum atomic E-state index is 11.9. The standard InChI is InChI=1S/C13H14Cl2N4O3/c1-13(2,3)8-4-10(22-18-8)17-9(20)6-19-12(21)11(15)7(14)5-16-19/h4-5H,6H2,1-3H3,(H,17,20). The van der Waals surface area contributed by atoms with Gasteiger partial charge in [-0.15, -0.1) is 0 Å². The van der Waals surface area contributed by atoms with Crippen molar-refractivity contribution < 1.29 is 9.32 Å². The van der Waals surface area contributed by atoms with E-state index in [0.29, 0.717) is 5.69 Å². The molecular formula is C13H14Cl2N4O3. The fourth-order valence-corrected chi connectivity index (χ4v) is 1.83. The molecule has 1 N–H and O–H groups in total. The fraction of sp³-hybridized carbons (Fsp3) is 0.385. The minimum atomic E-state index is -0.641. The van der Waals surface area contributed by atoms with E-state index in [1.165, 1.54) is 6.20 Å². The molecule has 0 atom stereocenters. The smallest absolute Gasteiger partial charge is 0.287 e. The molecule has 1 amide bonds. The zero-order valence-electron chi connectivity index (χ0n) is 12.2. The van der Waals surface area contributed by atoms with E-state index in [-0.39, 0.29) is 27.9 Å². The number of hydrogen-bond donors (Lipinski definition) is 1. The van der Waals surface area contributed by atoms with Crippen LogP contribution in [0.3, 0.4) is 0 Å². The van der Waals surface area contributed by atoms with E-state index in [4.69, 9.17) is 27.7 Å². The van der Waals surface area contributed by atoms with Crippen molar-refractivity contribution in [3.8, 4) is 0 Å². The van der Waals surface area contributed by atoms with Crippen molar-refractivity contribution in [1.82, 2.24) is 14.9 Å². The van der Waals surface area contributed by atoms with Gasteiger partial charge in [-0.1, -0.05) is 49.1 Å². The molecular weight excluding hydrogens is 331 g/mol. The molecule has 0 fully saturated rings. The Balaban J connectivity index is 2.10. The number of hydrogen-bond acceptors (Lipinski definition) is 5. The largest absolute Gasteiger partial charge is 0.338 e.